The molecule has 1 unspecified atom stereocenters. The lowest BCUT2D eigenvalue weighted by Gasteiger charge is -2.35. The van der Waals surface area contributed by atoms with Gasteiger partial charge in [0.1, 0.15) is 5.82 Å². The third-order valence-corrected chi connectivity index (χ3v) is 6.83. The zero-order valence-electron chi connectivity index (χ0n) is 18.8. The largest absolute Gasteiger partial charge is 0.349 e. The van der Waals surface area contributed by atoms with Crippen LogP contribution in [-0.4, -0.2) is 28.8 Å². The Hall–Kier alpha value is -3.09. The minimum atomic E-state index is -2.67. The molecule has 0 spiro atoms. The van der Waals surface area contributed by atoms with Crippen LogP contribution in [-0.2, 0) is 11.2 Å². The molecule has 3 aliphatic carbocycles. The first kappa shape index (κ1) is 21.7. The van der Waals surface area contributed by atoms with E-state index in [1.165, 1.54) is 0 Å². The van der Waals surface area contributed by atoms with E-state index in [9.17, 15) is 18.4 Å². The average Bonchev–Trinajstić information content (AvgIpc) is 3.58. The van der Waals surface area contributed by atoms with E-state index < -0.39 is 12.0 Å². The molecular weight excluding hydrogens is 424 g/mol. The lowest BCUT2D eigenvalue weighted by Crippen LogP contribution is -2.50. The number of nitrogens with zero attached hydrogens (tertiary/aromatic N) is 1. The molecule has 1 atom stereocenters. The Morgan fingerprint density at radius 2 is 1.91 bits per heavy atom. The summed E-state index contributed by atoms with van der Waals surface area (Å²) in [4.78, 5) is 29.1. The van der Waals surface area contributed by atoms with Gasteiger partial charge >= 0.3 is 0 Å². The van der Waals surface area contributed by atoms with Gasteiger partial charge in [-0.2, -0.15) is 0 Å². The summed E-state index contributed by atoms with van der Waals surface area (Å²) in [5.41, 5.74) is 5.74. The van der Waals surface area contributed by atoms with Crippen LogP contribution in [0.4, 0.5) is 14.6 Å². The molecule has 2 N–H and O–H groups in total. The molecule has 7 heteroatoms. The van der Waals surface area contributed by atoms with Gasteiger partial charge in [-0.25, -0.2) is 13.8 Å². The lowest BCUT2D eigenvalue weighted by atomic mass is 9.80. The van der Waals surface area contributed by atoms with Gasteiger partial charge in [-0.05, 0) is 84.2 Å². The predicted octanol–water partition coefficient (Wildman–Crippen LogP) is 5.00. The second-order valence-electron chi connectivity index (χ2n) is 9.70. The van der Waals surface area contributed by atoms with Crippen molar-refractivity contribution < 1.29 is 18.4 Å². The normalized spacial score (nSPS) is 21.5. The molecule has 0 aliphatic heterocycles. The molecule has 2 fully saturated rings. The number of allylic oxidation sites excluding steroid dienone is 1. The number of anilines is 1. The number of rotatable bonds is 5. The maximum atomic E-state index is 13.1. The number of amides is 2. The Labute approximate surface area is 191 Å². The highest BCUT2D eigenvalue weighted by Gasteiger charge is 2.46. The zero-order valence-corrected chi connectivity index (χ0v) is 18.8. The van der Waals surface area contributed by atoms with Gasteiger partial charge in [0, 0.05) is 36.6 Å². The van der Waals surface area contributed by atoms with Gasteiger partial charge in [-0.15, -0.1) is 0 Å². The fourth-order valence-electron chi connectivity index (χ4n) is 4.66. The van der Waals surface area contributed by atoms with Crippen LogP contribution < -0.4 is 10.6 Å². The Morgan fingerprint density at radius 1 is 1.15 bits per heavy atom. The van der Waals surface area contributed by atoms with Gasteiger partial charge in [-0.3, -0.25) is 9.59 Å². The molecule has 2 amide bonds. The van der Waals surface area contributed by atoms with Crippen LogP contribution in [0.3, 0.4) is 0 Å². The number of aryl methyl sites for hydroxylation is 1. The molecule has 172 valence electrons. The summed E-state index contributed by atoms with van der Waals surface area (Å²) >= 11 is 0. The van der Waals surface area contributed by atoms with Crippen LogP contribution in [0.1, 0.15) is 65.2 Å². The molecule has 1 aromatic heterocycles. The van der Waals surface area contributed by atoms with E-state index in [0.717, 1.165) is 47.1 Å². The van der Waals surface area contributed by atoms with E-state index in [4.69, 9.17) is 0 Å². The number of pyridine rings is 1. The number of benzene rings is 1. The summed E-state index contributed by atoms with van der Waals surface area (Å²) in [6.07, 6.45) is 5.97. The lowest BCUT2D eigenvalue weighted by molar-refractivity contribution is -0.117. The van der Waals surface area contributed by atoms with Gasteiger partial charge in [0.25, 0.3) is 11.8 Å². The predicted molar refractivity (Wildman–Crippen MR) is 123 cm³/mol. The number of halogens is 2. The first-order valence-corrected chi connectivity index (χ1v) is 11.5. The second-order valence-corrected chi connectivity index (χ2v) is 9.70. The van der Waals surface area contributed by atoms with E-state index in [1.54, 1.807) is 12.3 Å². The first-order chi connectivity index (χ1) is 15.7. The number of alkyl halides is 2. The molecule has 5 rings (SSSR count). The highest BCUT2D eigenvalue weighted by atomic mass is 19.3. The summed E-state index contributed by atoms with van der Waals surface area (Å²) < 4.78 is 26.2. The van der Waals surface area contributed by atoms with Crippen LogP contribution in [0.25, 0.3) is 11.6 Å². The van der Waals surface area contributed by atoms with Crippen LogP contribution in [0.15, 0.2) is 30.5 Å². The fraction of sp³-hybridized carbons (Fsp3) is 0.423. The first-order valence-electron chi connectivity index (χ1n) is 11.5. The highest BCUT2D eigenvalue weighted by Crippen LogP contribution is 2.39. The standard InChI is InChI=1S/C26H27F2N3O2/c1-14-3-4-17(25(33)30-20-11-26(27,28)12-20)8-21(14)22-9-19-13-29-23(10-18(19)7-15(22)2)31-24(32)16-5-6-16/h3-4,8-10,13,15-16,20H,5-7,11-12H2,1-2H3,(H,30,33)(H,29,31,32). The van der Waals surface area contributed by atoms with Crippen molar-refractivity contribution in [2.24, 2.45) is 11.8 Å². The molecular formula is C26H27F2N3O2. The zero-order chi connectivity index (χ0) is 23.3. The van der Waals surface area contributed by atoms with Gasteiger partial charge in [0.2, 0.25) is 5.91 Å². The number of aromatic nitrogens is 1. The topological polar surface area (TPSA) is 71.1 Å². The minimum absolute atomic E-state index is 0.0406. The summed E-state index contributed by atoms with van der Waals surface area (Å²) in [7, 11) is 0. The molecule has 1 heterocycles. The Kier molecular flexibility index (Phi) is 5.30. The number of carbonyl (C=O) groups is 2. The van der Waals surface area contributed by atoms with E-state index in [0.29, 0.717) is 11.4 Å². The van der Waals surface area contributed by atoms with Gasteiger partial charge < -0.3 is 10.6 Å². The van der Waals surface area contributed by atoms with E-state index >= 15 is 0 Å². The van der Waals surface area contributed by atoms with Crippen molar-refractivity contribution in [1.29, 1.82) is 0 Å². The molecule has 0 radical (unpaired) electrons. The van der Waals surface area contributed by atoms with Crippen LogP contribution in [0, 0.1) is 18.8 Å². The number of nitrogens with one attached hydrogen (secondary N) is 2. The molecule has 3 aliphatic rings. The van der Waals surface area contributed by atoms with Crippen LogP contribution in [0.5, 0.6) is 0 Å². The number of carbonyl (C=O) groups excluding carboxylic acids is 2. The monoisotopic (exact) mass is 451 g/mol. The molecule has 2 saturated carbocycles. The smallest absolute Gasteiger partial charge is 0.252 e. The van der Waals surface area contributed by atoms with Crippen molar-refractivity contribution in [1.82, 2.24) is 10.3 Å². The Bertz CT molecular complexity index is 1160. The number of hydrogen-bond acceptors (Lipinski definition) is 3. The quantitative estimate of drug-likeness (QED) is 0.672. The van der Waals surface area contributed by atoms with Gasteiger partial charge in [-0.1, -0.05) is 13.0 Å². The van der Waals surface area contributed by atoms with Crippen molar-refractivity contribution in [2.45, 2.75) is 57.9 Å². The SMILES string of the molecule is Cc1ccc(C(=O)NC2CC(F)(F)C2)cc1C1=Cc2cnc(NC(=O)C3CC3)cc2CC1C. The van der Waals surface area contributed by atoms with Crippen molar-refractivity contribution in [2.75, 3.05) is 5.32 Å². The van der Waals surface area contributed by atoms with Crippen molar-refractivity contribution in [3.63, 3.8) is 0 Å². The maximum Gasteiger partial charge on any atom is 0.252 e. The number of fused-ring (bicyclic) bond motifs is 1. The van der Waals surface area contributed by atoms with Crippen molar-refractivity contribution >= 4 is 29.3 Å². The molecule has 33 heavy (non-hydrogen) atoms. The second kappa shape index (κ2) is 8.04. The van der Waals surface area contributed by atoms with Gasteiger partial charge in [0.15, 0.2) is 0 Å². The molecule has 0 bridgehead atoms. The average molecular weight is 452 g/mol. The Morgan fingerprint density at radius 3 is 2.61 bits per heavy atom. The summed E-state index contributed by atoms with van der Waals surface area (Å²) in [6.45, 7) is 4.14. The van der Waals surface area contributed by atoms with Crippen LogP contribution >= 0.6 is 0 Å². The Balaban J connectivity index is 1.37. The van der Waals surface area contributed by atoms with Crippen molar-refractivity contribution in [3.05, 3.63) is 58.3 Å². The summed E-state index contributed by atoms with van der Waals surface area (Å²) in [5.74, 6) is -2.03. The fourth-order valence-corrected chi connectivity index (χ4v) is 4.66. The van der Waals surface area contributed by atoms with Gasteiger partial charge in [0.05, 0.1) is 0 Å². The van der Waals surface area contributed by atoms with Crippen molar-refractivity contribution in [3.8, 4) is 0 Å². The molecule has 1 aromatic carbocycles. The number of hydrogen-bond donors (Lipinski definition) is 2. The third kappa shape index (κ3) is 4.54. The van der Waals surface area contributed by atoms with E-state index in [-0.39, 0.29) is 36.5 Å². The summed E-state index contributed by atoms with van der Waals surface area (Å²) in [5, 5.41) is 5.62. The molecule has 5 nitrogen and oxygen atoms in total. The minimum Gasteiger partial charge on any atom is -0.349 e. The molecule has 2 aromatic rings. The summed E-state index contributed by atoms with van der Waals surface area (Å²) in [6, 6.07) is 6.97. The maximum absolute atomic E-state index is 13.1. The molecule has 0 saturated heterocycles. The van der Waals surface area contributed by atoms with Crippen LogP contribution in [0.2, 0.25) is 0 Å². The van der Waals surface area contributed by atoms with E-state index in [2.05, 4.69) is 28.6 Å². The van der Waals surface area contributed by atoms with E-state index in [1.807, 2.05) is 25.1 Å². The highest BCUT2D eigenvalue weighted by molar-refractivity contribution is 5.97. The third-order valence-electron chi connectivity index (χ3n) is 6.83.